The van der Waals surface area contributed by atoms with Crippen LogP contribution in [0.1, 0.15) is 55.8 Å². The third-order valence-electron chi connectivity index (χ3n) is 4.80. The number of ether oxygens (including phenoxy) is 2. The number of carbonyl (C=O) groups excluding carboxylic acids is 1. The number of hydrogen-bond acceptors (Lipinski definition) is 3. The van der Waals surface area contributed by atoms with Crippen LogP contribution in [-0.4, -0.2) is 19.0 Å². The molecule has 3 rings (SSSR count). The van der Waals surface area contributed by atoms with Crippen molar-refractivity contribution in [3.05, 3.63) is 22.2 Å². The topological polar surface area (TPSA) is 35.5 Å². The number of ketones is 1. The van der Waals surface area contributed by atoms with Gasteiger partial charge in [-0.25, -0.2) is 0 Å². The van der Waals surface area contributed by atoms with Crippen LogP contribution in [-0.2, 0) is 0 Å². The zero-order valence-electron chi connectivity index (χ0n) is 12.4. The maximum atomic E-state index is 13.1. The summed E-state index contributed by atoms with van der Waals surface area (Å²) in [6.07, 6.45) is 6.09. The number of rotatable bonds is 3. The van der Waals surface area contributed by atoms with Crippen LogP contribution in [0.15, 0.2) is 16.6 Å². The Kier molecular flexibility index (Phi) is 4.25. The number of halogens is 1. The van der Waals surface area contributed by atoms with Gasteiger partial charge in [-0.3, -0.25) is 4.79 Å². The maximum absolute atomic E-state index is 13.1. The summed E-state index contributed by atoms with van der Waals surface area (Å²) in [6, 6.07) is 3.75. The number of carbonyl (C=O) groups is 1. The van der Waals surface area contributed by atoms with Gasteiger partial charge in [-0.05, 0) is 47.3 Å². The quantitative estimate of drug-likeness (QED) is 0.735. The van der Waals surface area contributed by atoms with Gasteiger partial charge in [-0.1, -0.05) is 19.8 Å². The molecule has 0 N–H and O–H groups in total. The second-order valence-electron chi connectivity index (χ2n) is 6.00. The molecule has 1 aromatic rings. The fourth-order valence-electron chi connectivity index (χ4n) is 3.44. The van der Waals surface area contributed by atoms with E-state index in [2.05, 4.69) is 22.9 Å². The molecule has 114 valence electrons. The van der Waals surface area contributed by atoms with Crippen LogP contribution < -0.4 is 9.47 Å². The first kappa shape index (κ1) is 14.9. The zero-order valence-corrected chi connectivity index (χ0v) is 14.0. The van der Waals surface area contributed by atoms with E-state index in [0.29, 0.717) is 19.0 Å². The number of fused-ring (bicyclic) bond motifs is 1. The van der Waals surface area contributed by atoms with Crippen molar-refractivity contribution in [2.75, 3.05) is 13.2 Å². The van der Waals surface area contributed by atoms with E-state index in [1.54, 1.807) is 0 Å². The normalized spacial score (nSPS) is 20.1. The summed E-state index contributed by atoms with van der Waals surface area (Å²) in [5, 5.41) is 0. The summed E-state index contributed by atoms with van der Waals surface area (Å²) in [5.41, 5.74) is 0.561. The van der Waals surface area contributed by atoms with Crippen molar-refractivity contribution in [2.24, 2.45) is 5.41 Å². The molecule has 0 atom stereocenters. The van der Waals surface area contributed by atoms with Gasteiger partial charge in [-0.2, -0.15) is 0 Å². The first-order chi connectivity index (χ1) is 10.2. The maximum Gasteiger partial charge on any atom is 0.170 e. The van der Waals surface area contributed by atoms with E-state index in [-0.39, 0.29) is 11.2 Å². The van der Waals surface area contributed by atoms with Crippen molar-refractivity contribution in [3.8, 4) is 11.5 Å². The van der Waals surface area contributed by atoms with Gasteiger partial charge >= 0.3 is 0 Å². The molecule has 1 aliphatic heterocycles. The summed E-state index contributed by atoms with van der Waals surface area (Å²) >= 11 is 3.55. The van der Waals surface area contributed by atoms with Gasteiger partial charge in [0.25, 0.3) is 0 Å². The summed E-state index contributed by atoms with van der Waals surface area (Å²) in [4.78, 5) is 13.1. The number of benzene rings is 1. The molecule has 1 heterocycles. The van der Waals surface area contributed by atoms with Gasteiger partial charge in [0.1, 0.15) is 0 Å². The van der Waals surface area contributed by atoms with Crippen LogP contribution in [0.4, 0.5) is 0 Å². The standard InChI is InChI=1S/C17H21BrO3/c1-2-17(6-3-4-7-17)16(19)12-10-14-15(11-13(12)18)21-9-5-8-20-14/h10-11H,2-9H2,1H3. The average Bonchev–Trinajstić information content (AvgIpc) is 2.87. The Morgan fingerprint density at radius 2 is 1.76 bits per heavy atom. The summed E-state index contributed by atoms with van der Waals surface area (Å²) in [7, 11) is 0. The molecule has 0 amide bonds. The van der Waals surface area contributed by atoms with Gasteiger partial charge in [-0.15, -0.1) is 0 Å². The summed E-state index contributed by atoms with van der Waals surface area (Å²) < 4.78 is 12.2. The minimum absolute atomic E-state index is 0.178. The Morgan fingerprint density at radius 3 is 2.38 bits per heavy atom. The molecule has 0 unspecified atom stereocenters. The zero-order chi connectivity index (χ0) is 14.9. The fourth-order valence-corrected chi connectivity index (χ4v) is 3.94. The predicted octanol–water partition coefficient (Wildman–Crippen LogP) is 4.76. The van der Waals surface area contributed by atoms with Crippen LogP contribution in [0.2, 0.25) is 0 Å². The van der Waals surface area contributed by atoms with Crippen molar-refractivity contribution in [2.45, 2.75) is 45.4 Å². The SMILES string of the molecule is CCC1(C(=O)c2cc3c(cc2Br)OCCCO3)CCCC1. The summed E-state index contributed by atoms with van der Waals surface area (Å²) in [6.45, 7) is 3.42. The van der Waals surface area contributed by atoms with E-state index < -0.39 is 0 Å². The van der Waals surface area contributed by atoms with E-state index in [1.165, 1.54) is 0 Å². The molecule has 21 heavy (non-hydrogen) atoms. The third kappa shape index (κ3) is 2.70. The lowest BCUT2D eigenvalue weighted by Gasteiger charge is -2.26. The van der Waals surface area contributed by atoms with Crippen molar-refractivity contribution >= 4 is 21.7 Å². The van der Waals surface area contributed by atoms with E-state index in [1.807, 2.05) is 12.1 Å². The van der Waals surface area contributed by atoms with E-state index in [9.17, 15) is 4.79 Å². The Bertz CT molecular complexity index is 547. The van der Waals surface area contributed by atoms with Crippen LogP contribution in [0.25, 0.3) is 0 Å². The van der Waals surface area contributed by atoms with Gasteiger partial charge in [0.15, 0.2) is 17.3 Å². The van der Waals surface area contributed by atoms with Gasteiger partial charge in [0.2, 0.25) is 0 Å². The Morgan fingerprint density at radius 1 is 1.14 bits per heavy atom. The predicted molar refractivity (Wildman–Crippen MR) is 85.3 cm³/mol. The molecule has 1 aromatic carbocycles. The second kappa shape index (κ2) is 5.99. The molecule has 1 aliphatic carbocycles. The molecule has 0 spiro atoms. The van der Waals surface area contributed by atoms with E-state index in [4.69, 9.17) is 9.47 Å². The molecule has 1 saturated carbocycles. The molecular weight excluding hydrogens is 332 g/mol. The first-order valence-corrected chi connectivity index (χ1v) is 8.59. The van der Waals surface area contributed by atoms with Crippen molar-refractivity contribution in [1.82, 2.24) is 0 Å². The minimum Gasteiger partial charge on any atom is -0.490 e. The molecule has 0 aromatic heterocycles. The molecule has 2 aliphatic rings. The van der Waals surface area contributed by atoms with Gasteiger partial charge in [0.05, 0.1) is 13.2 Å². The lowest BCUT2D eigenvalue weighted by Crippen LogP contribution is -2.27. The third-order valence-corrected chi connectivity index (χ3v) is 5.46. The molecule has 3 nitrogen and oxygen atoms in total. The molecule has 0 saturated heterocycles. The van der Waals surface area contributed by atoms with Crippen LogP contribution in [0.3, 0.4) is 0 Å². The molecule has 0 bridgehead atoms. The Hall–Kier alpha value is -1.03. The van der Waals surface area contributed by atoms with Crippen LogP contribution in [0.5, 0.6) is 11.5 Å². The average molecular weight is 353 g/mol. The van der Waals surface area contributed by atoms with Crippen LogP contribution in [0, 0.1) is 5.41 Å². The fraction of sp³-hybridized carbons (Fsp3) is 0.588. The second-order valence-corrected chi connectivity index (χ2v) is 6.85. The lowest BCUT2D eigenvalue weighted by molar-refractivity contribution is 0.0790. The largest absolute Gasteiger partial charge is 0.490 e. The molecular formula is C17H21BrO3. The minimum atomic E-state index is -0.178. The van der Waals surface area contributed by atoms with Crippen LogP contribution >= 0.6 is 15.9 Å². The lowest BCUT2D eigenvalue weighted by atomic mass is 9.76. The molecule has 0 radical (unpaired) electrons. The van der Waals surface area contributed by atoms with Gasteiger partial charge < -0.3 is 9.47 Å². The Balaban J connectivity index is 1.98. The van der Waals surface area contributed by atoms with E-state index >= 15 is 0 Å². The Labute approximate surface area is 134 Å². The highest BCUT2D eigenvalue weighted by Crippen LogP contribution is 2.46. The van der Waals surface area contributed by atoms with E-state index in [0.717, 1.165) is 54.3 Å². The number of Topliss-reactive ketones (excluding diaryl/α,β-unsaturated/α-hetero) is 1. The number of hydrogen-bond donors (Lipinski definition) is 0. The molecule has 4 heteroatoms. The monoisotopic (exact) mass is 352 g/mol. The summed E-state index contributed by atoms with van der Waals surface area (Å²) in [5.74, 6) is 1.68. The molecule has 1 fully saturated rings. The highest BCUT2D eigenvalue weighted by molar-refractivity contribution is 9.10. The van der Waals surface area contributed by atoms with Crippen molar-refractivity contribution in [1.29, 1.82) is 0 Å². The van der Waals surface area contributed by atoms with Gasteiger partial charge in [0, 0.05) is 21.9 Å². The highest BCUT2D eigenvalue weighted by atomic mass is 79.9. The smallest absolute Gasteiger partial charge is 0.170 e. The van der Waals surface area contributed by atoms with Crippen molar-refractivity contribution < 1.29 is 14.3 Å². The first-order valence-electron chi connectivity index (χ1n) is 7.80. The highest BCUT2D eigenvalue weighted by Gasteiger charge is 2.40. The van der Waals surface area contributed by atoms with Crippen molar-refractivity contribution in [3.63, 3.8) is 0 Å².